The molecule has 0 amide bonds. The van der Waals surface area contributed by atoms with Crippen molar-refractivity contribution < 1.29 is 0 Å². The highest BCUT2D eigenvalue weighted by Gasteiger charge is 2.56. The Hall–Kier alpha value is -1.34. The Morgan fingerprint density at radius 1 is 0.714 bits per heavy atom. The molecule has 0 N–H and O–H groups in total. The van der Waals surface area contributed by atoms with Crippen LogP contribution in [0.25, 0.3) is 11.1 Å². The van der Waals surface area contributed by atoms with Crippen LogP contribution in [-0.2, 0) is 0 Å². The summed E-state index contributed by atoms with van der Waals surface area (Å²) in [5.41, 5.74) is 7.89. The Kier molecular flexibility index (Phi) is 4.39. The third-order valence-electron chi connectivity index (χ3n) is 9.07. The normalized spacial score (nSPS) is 34.8. The fourth-order valence-electron chi connectivity index (χ4n) is 8.08. The van der Waals surface area contributed by atoms with E-state index < -0.39 is 8.07 Å². The average molecular weight is 389 g/mol. The van der Waals surface area contributed by atoms with Crippen molar-refractivity contribution in [2.75, 3.05) is 0 Å². The topological polar surface area (TPSA) is 0 Å². The third kappa shape index (κ3) is 2.54. The van der Waals surface area contributed by atoms with E-state index in [1.54, 1.807) is 11.1 Å². The Morgan fingerprint density at radius 3 is 1.86 bits per heavy atom. The zero-order chi connectivity index (χ0) is 19.6. The lowest BCUT2D eigenvalue weighted by Crippen LogP contribution is -2.46. The van der Waals surface area contributed by atoms with Gasteiger partial charge < -0.3 is 0 Å². The maximum Gasteiger partial charge on any atom is 0.0640 e. The highest BCUT2D eigenvalue weighted by molar-refractivity contribution is 6.81. The molecule has 0 aromatic heterocycles. The van der Waals surface area contributed by atoms with Gasteiger partial charge in [0.1, 0.15) is 0 Å². The summed E-state index contributed by atoms with van der Waals surface area (Å²) < 4.78 is 0. The summed E-state index contributed by atoms with van der Waals surface area (Å²) in [5, 5.41) is 0. The van der Waals surface area contributed by atoms with Crippen LogP contribution in [0.2, 0.25) is 18.6 Å². The summed E-state index contributed by atoms with van der Waals surface area (Å²) in [4.78, 5) is 0. The molecule has 2 saturated carbocycles. The van der Waals surface area contributed by atoms with E-state index in [2.05, 4.69) is 82.4 Å². The van der Waals surface area contributed by atoms with E-state index in [-0.39, 0.29) is 0 Å². The number of hydrogen-bond acceptors (Lipinski definition) is 0. The standard InChI is InChI=1S/C27H36Si/c1-17-14-15-18(2)25-24(17)16-19(3)26(25)28(4,5)27-22-12-8-6-10-20(22)21-11-7-9-13-23(21)27/h6-13,17-19,24-27H,14-16H2,1-5H3. The van der Waals surface area contributed by atoms with Crippen molar-refractivity contribution in [3.63, 3.8) is 0 Å². The zero-order valence-electron chi connectivity index (χ0n) is 18.3. The molecule has 6 atom stereocenters. The van der Waals surface area contributed by atoms with Crippen LogP contribution in [0.5, 0.6) is 0 Å². The molecule has 5 rings (SSSR count). The Balaban J connectivity index is 1.63. The predicted octanol–water partition coefficient (Wildman–Crippen LogP) is 7.75. The van der Waals surface area contributed by atoms with Crippen LogP contribution in [0.4, 0.5) is 0 Å². The number of fused-ring (bicyclic) bond motifs is 4. The molecule has 2 aromatic rings. The fraction of sp³-hybridized carbons (Fsp3) is 0.556. The first-order valence-electron chi connectivity index (χ1n) is 11.6. The maximum atomic E-state index is 2.74. The monoisotopic (exact) mass is 388 g/mol. The second-order valence-electron chi connectivity index (χ2n) is 10.9. The van der Waals surface area contributed by atoms with Crippen molar-refractivity contribution in [1.29, 1.82) is 0 Å². The van der Waals surface area contributed by atoms with E-state index >= 15 is 0 Å². The van der Waals surface area contributed by atoms with E-state index in [0.717, 1.165) is 35.1 Å². The SMILES string of the molecule is CC1CCC(C)C2C1CC(C)C2[Si](C)(C)C1c2ccccc2-c2ccccc21. The first-order valence-corrected chi connectivity index (χ1v) is 14.7. The van der Waals surface area contributed by atoms with Crippen molar-refractivity contribution >= 4 is 8.07 Å². The minimum atomic E-state index is -1.58. The van der Waals surface area contributed by atoms with Gasteiger partial charge in [0.05, 0.1) is 8.07 Å². The van der Waals surface area contributed by atoms with Crippen molar-refractivity contribution in [3.05, 3.63) is 59.7 Å². The lowest BCUT2D eigenvalue weighted by Gasteiger charge is -2.47. The molecule has 1 heteroatoms. The zero-order valence-corrected chi connectivity index (χ0v) is 19.3. The van der Waals surface area contributed by atoms with Crippen LogP contribution < -0.4 is 0 Å². The lowest BCUT2D eigenvalue weighted by atomic mass is 9.69. The highest BCUT2D eigenvalue weighted by Crippen LogP contribution is 2.63. The molecule has 0 saturated heterocycles. The van der Waals surface area contributed by atoms with Gasteiger partial charge in [-0.15, -0.1) is 0 Å². The van der Waals surface area contributed by atoms with E-state index in [9.17, 15) is 0 Å². The van der Waals surface area contributed by atoms with E-state index in [0.29, 0.717) is 5.54 Å². The Labute approximate surface area is 172 Å². The molecule has 0 radical (unpaired) electrons. The third-order valence-corrected chi connectivity index (χ3v) is 13.9. The van der Waals surface area contributed by atoms with Gasteiger partial charge in [-0.3, -0.25) is 0 Å². The molecular weight excluding hydrogens is 352 g/mol. The summed E-state index contributed by atoms with van der Waals surface area (Å²) in [6, 6.07) is 18.6. The van der Waals surface area contributed by atoms with E-state index in [4.69, 9.17) is 0 Å². The summed E-state index contributed by atoms with van der Waals surface area (Å²) >= 11 is 0. The van der Waals surface area contributed by atoms with E-state index in [1.165, 1.54) is 30.4 Å². The first kappa shape index (κ1) is 18.7. The molecule has 2 fully saturated rings. The van der Waals surface area contributed by atoms with Crippen LogP contribution >= 0.6 is 0 Å². The van der Waals surface area contributed by atoms with Gasteiger partial charge in [0.25, 0.3) is 0 Å². The molecule has 2 aromatic carbocycles. The van der Waals surface area contributed by atoms with Gasteiger partial charge in [-0.05, 0) is 63.8 Å². The first-order chi connectivity index (χ1) is 13.4. The number of hydrogen-bond donors (Lipinski definition) is 0. The second kappa shape index (κ2) is 6.59. The summed E-state index contributed by atoms with van der Waals surface area (Å²) in [7, 11) is -1.58. The minimum Gasteiger partial charge on any atom is -0.0684 e. The number of benzene rings is 2. The quantitative estimate of drug-likeness (QED) is 0.461. The molecule has 0 nitrogen and oxygen atoms in total. The van der Waals surface area contributed by atoms with Crippen molar-refractivity contribution in [2.45, 2.75) is 64.2 Å². The maximum absolute atomic E-state index is 2.74. The molecule has 28 heavy (non-hydrogen) atoms. The summed E-state index contributed by atoms with van der Waals surface area (Å²) in [6.07, 6.45) is 4.39. The lowest BCUT2D eigenvalue weighted by molar-refractivity contribution is 0.136. The van der Waals surface area contributed by atoms with Gasteiger partial charge in [-0.2, -0.15) is 0 Å². The number of rotatable bonds is 2. The molecule has 6 unspecified atom stereocenters. The van der Waals surface area contributed by atoms with Crippen LogP contribution in [0.1, 0.15) is 56.7 Å². The summed E-state index contributed by atoms with van der Waals surface area (Å²) in [5.74, 6) is 4.67. The van der Waals surface area contributed by atoms with Gasteiger partial charge in [-0.1, -0.05) is 95.2 Å². The van der Waals surface area contributed by atoms with Crippen LogP contribution in [-0.4, -0.2) is 8.07 Å². The van der Waals surface area contributed by atoms with Gasteiger partial charge in [0.15, 0.2) is 0 Å². The average Bonchev–Trinajstić information content (AvgIpc) is 3.21. The van der Waals surface area contributed by atoms with Crippen LogP contribution in [0.3, 0.4) is 0 Å². The smallest absolute Gasteiger partial charge is 0.0640 e. The summed E-state index contributed by atoms with van der Waals surface area (Å²) in [6.45, 7) is 13.2. The Morgan fingerprint density at radius 2 is 1.25 bits per heavy atom. The van der Waals surface area contributed by atoms with Gasteiger partial charge in [-0.25, -0.2) is 0 Å². The molecule has 0 spiro atoms. The van der Waals surface area contributed by atoms with Crippen molar-refractivity contribution in [3.8, 4) is 11.1 Å². The largest absolute Gasteiger partial charge is 0.0684 e. The Bertz CT molecular complexity index is 836. The van der Waals surface area contributed by atoms with Gasteiger partial charge in [0.2, 0.25) is 0 Å². The molecule has 3 aliphatic carbocycles. The molecule has 148 valence electrons. The van der Waals surface area contributed by atoms with Crippen LogP contribution in [0, 0.1) is 29.6 Å². The van der Waals surface area contributed by atoms with Crippen molar-refractivity contribution in [1.82, 2.24) is 0 Å². The minimum absolute atomic E-state index is 0.663. The fourth-order valence-corrected chi connectivity index (χ4v) is 13.7. The highest BCUT2D eigenvalue weighted by atomic mass is 28.3. The second-order valence-corrected chi connectivity index (χ2v) is 15.8. The molecular formula is C27H36Si. The molecule has 0 aliphatic heterocycles. The van der Waals surface area contributed by atoms with Crippen LogP contribution in [0.15, 0.2) is 48.5 Å². The van der Waals surface area contributed by atoms with E-state index in [1.807, 2.05) is 0 Å². The molecule has 0 heterocycles. The molecule has 3 aliphatic rings. The van der Waals surface area contributed by atoms with Crippen molar-refractivity contribution in [2.24, 2.45) is 29.6 Å². The van der Waals surface area contributed by atoms with Gasteiger partial charge in [0, 0.05) is 5.54 Å². The molecule has 0 bridgehead atoms. The predicted molar refractivity (Wildman–Crippen MR) is 123 cm³/mol. The van der Waals surface area contributed by atoms with Gasteiger partial charge >= 0.3 is 0 Å².